The number of rotatable bonds is 3. The van der Waals surface area contributed by atoms with Crippen LogP contribution in [0.2, 0.25) is 0 Å². The summed E-state index contributed by atoms with van der Waals surface area (Å²) < 4.78 is 0. The van der Waals surface area contributed by atoms with E-state index in [9.17, 15) is 0 Å². The van der Waals surface area contributed by atoms with Crippen molar-refractivity contribution in [3.05, 3.63) is 6.20 Å². The molecule has 0 spiro atoms. The molecule has 2 aromatic heterocycles. The van der Waals surface area contributed by atoms with E-state index in [0.29, 0.717) is 18.0 Å². The Labute approximate surface area is 105 Å². The Bertz CT molecular complexity index is 607. The Kier molecular flexibility index (Phi) is 2.79. The van der Waals surface area contributed by atoms with Gasteiger partial charge in [0, 0.05) is 13.6 Å². The molecule has 0 saturated heterocycles. The van der Waals surface area contributed by atoms with Crippen molar-refractivity contribution in [1.29, 1.82) is 5.26 Å². The van der Waals surface area contributed by atoms with Crippen molar-refractivity contribution in [3.63, 3.8) is 0 Å². The lowest BCUT2D eigenvalue weighted by molar-refractivity contribution is 0.496. The second kappa shape index (κ2) is 4.14. The molecule has 7 nitrogen and oxygen atoms in total. The van der Waals surface area contributed by atoms with E-state index < -0.39 is 5.41 Å². The highest BCUT2D eigenvalue weighted by molar-refractivity contribution is 5.87. The predicted molar refractivity (Wildman–Crippen MR) is 68.8 cm³/mol. The molecule has 2 rings (SSSR count). The summed E-state index contributed by atoms with van der Waals surface area (Å²) in [7, 11) is 1.87. The number of hydrogen-bond acceptors (Lipinski definition) is 6. The van der Waals surface area contributed by atoms with Crippen molar-refractivity contribution < 1.29 is 0 Å². The summed E-state index contributed by atoms with van der Waals surface area (Å²) in [6.07, 6.45) is 1.65. The van der Waals surface area contributed by atoms with Crippen LogP contribution in [-0.2, 0) is 0 Å². The predicted octanol–water partition coefficient (Wildman–Crippen LogP) is 0.921. The van der Waals surface area contributed by atoms with Gasteiger partial charge in [-0.25, -0.2) is 0 Å². The molecule has 0 amide bonds. The number of nitrogen functional groups attached to an aromatic ring is 1. The standard InChI is InChI=1S/C11H15N7/c1-11(2,5-12)6-18(3)9-7-4-14-17-8(7)15-10(13)16-9/h4H,6H2,1-3H3,(H3,13,14,15,16,17). The van der Waals surface area contributed by atoms with Gasteiger partial charge in [0.25, 0.3) is 0 Å². The molecule has 18 heavy (non-hydrogen) atoms. The average Bonchev–Trinajstić information content (AvgIpc) is 2.75. The second-order valence-corrected chi connectivity index (χ2v) is 4.89. The fourth-order valence-corrected chi connectivity index (χ4v) is 1.83. The quantitative estimate of drug-likeness (QED) is 0.832. The molecule has 3 N–H and O–H groups in total. The summed E-state index contributed by atoms with van der Waals surface area (Å²) in [5.41, 5.74) is 5.78. The van der Waals surface area contributed by atoms with Crippen LogP contribution >= 0.6 is 0 Å². The molecule has 0 atom stereocenters. The zero-order valence-electron chi connectivity index (χ0n) is 10.6. The molecule has 0 radical (unpaired) electrons. The number of nitriles is 1. The molecule has 7 heteroatoms. The first-order valence-corrected chi connectivity index (χ1v) is 5.52. The third-order valence-corrected chi connectivity index (χ3v) is 2.60. The SMILES string of the molecule is CN(CC(C)(C)C#N)c1nc(N)nc2[nH]ncc12. The lowest BCUT2D eigenvalue weighted by Gasteiger charge is -2.25. The summed E-state index contributed by atoms with van der Waals surface area (Å²) in [5.74, 6) is 0.859. The van der Waals surface area contributed by atoms with Gasteiger partial charge in [-0.2, -0.15) is 20.3 Å². The topological polar surface area (TPSA) is 108 Å². The maximum atomic E-state index is 9.07. The number of anilines is 2. The third kappa shape index (κ3) is 2.18. The van der Waals surface area contributed by atoms with E-state index in [0.717, 1.165) is 5.39 Å². The first kappa shape index (κ1) is 12.1. The van der Waals surface area contributed by atoms with Gasteiger partial charge in [-0.15, -0.1) is 0 Å². The fraction of sp³-hybridized carbons (Fsp3) is 0.455. The minimum atomic E-state index is -0.468. The van der Waals surface area contributed by atoms with Gasteiger partial charge in [0.15, 0.2) is 5.65 Å². The zero-order chi connectivity index (χ0) is 13.3. The van der Waals surface area contributed by atoms with Gasteiger partial charge in [0.2, 0.25) is 5.95 Å². The zero-order valence-corrected chi connectivity index (χ0v) is 10.6. The molecule has 0 bridgehead atoms. The Morgan fingerprint density at radius 3 is 2.89 bits per heavy atom. The molecule has 0 fully saturated rings. The van der Waals surface area contributed by atoms with E-state index in [1.54, 1.807) is 6.20 Å². The molecular formula is C11H15N7. The highest BCUT2D eigenvalue weighted by Gasteiger charge is 2.22. The minimum Gasteiger partial charge on any atom is -0.368 e. The second-order valence-electron chi connectivity index (χ2n) is 4.89. The van der Waals surface area contributed by atoms with Crippen LogP contribution in [0.3, 0.4) is 0 Å². The first-order chi connectivity index (χ1) is 8.43. The Hall–Kier alpha value is -2.36. The van der Waals surface area contributed by atoms with Crippen LogP contribution in [-0.4, -0.2) is 33.8 Å². The lowest BCUT2D eigenvalue weighted by atomic mass is 9.95. The number of hydrogen-bond donors (Lipinski definition) is 2. The van der Waals surface area contributed by atoms with E-state index in [-0.39, 0.29) is 5.95 Å². The largest absolute Gasteiger partial charge is 0.368 e. The molecule has 2 heterocycles. The number of nitrogens with zero attached hydrogens (tertiary/aromatic N) is 5. The fourth-order valence-electron chi connectivity index (χ4n) is 1.83. The van der Waals surface area contributed by atoms with Gasteiger partial charge in [-0.05, 0) is 13.8 Å². The van der Waals surface area contributed by atoms with Gasteiger partial charge in [0.05, 0.1) is 23.1 Å². The molecule has 0 saturated carbocycles. The molecular weight excluding hydrogens is 230 g/mol. The number of nitrogens with one attached hydrogen (secondary N) is 1. The summed E-state index contributed by atoms with van der Waals surface area (Å²) in [5, 5.41) is 16.5. The van der Waals surface area contributed by atoms with Crippen LogP contribution in [0, 0.1) is 16.7 Å². The molecule has 0 aliphatic rings. The normalized spacial score (nSPS) is 11.4. The van der Waals surface area contributed by atoms with Gasteiger partial charge in [-0.3, -0.25) is 5.10 Å². The highest BCUT2D eigenvalue weighted by Crippen LogP contribution is 2.25. The van der Waals surface area contributed by atoms with Crippen molar-refractivity contribution in [3.8, 4) is 6.07 Å². The summed E-state index contributed by atoms with van der Waals surface area (Å²) in [4.78, 5) is 10.2. The molecule has 94 valence electrons. The summed E-state index contributed by atoms with van der Waals surface area (Å²) >= 11 is 0. The van der Waals surface area contributed by atoms with Gasteiger partial charge in [-0.1, -0.05) is 0 Å². The minimum absolute atomic E-state index is 0.184. The smallest absolute Gasteiger partial charge is 0.224 e. The van der Waals surface area contributed by atoms with Gasteiger partial charge < -0.3 is 10.6 Å². The van der Waals surface area contributed by atoms with Crippen molar-refractivity contribution in [2.24, 2.45) is 5.41 Å². The van der Waals surface area contributed by atoms with Crippen LogP contribution < -0.4 is 10.6 Å². The maximum Gasteiger partial charge on any atom is 0.224 e. The average molecular weight is 245 g/mol. The van der Waals surface area contributed by atoms with Crippen LogP contribution in [0.25, 0.3) is 11.0 Å². The Morgan fingerprint density at radius 2 is 2.22 bits per heavy atom. The van der Waals surface area contributed by atoms with Crippen LogP contribution in [0.4, 0.5) is 11.8 Å². The van der Waals surface area contributed by atoms with Crippen molar-refractivity contribution in [2.45, 2.75) is 13.8 Å². The first-order valence-electron chi connectivity index (χ1n) is 5.52. The van der Waals surface area contributed by atoms with Crippen LogP contribution in [0.15, 0.2) is 6.20 Å². The monoisotopic (exact) mass is 245 g/mol. The Balaban J connectivity index is 2.42. The van der Waals surface area contributed by atoms with Crippen LogP contribution in [0.5, 0.6) is 0 Å². The van der Waals surface area contributed by atoms with Crippen molar-refractivity contribution in [2.75, 3.05) is 24.2 Å². The number of nitrogens with two attached hydrogens (primary N) is 1. The summed E-state index contributed by atoms with van der Waals surface area (Å²) in [6, 6.07) is 2.26. The number of aromatic nitrogens is 4. The Morgan fingerprint density at radius 1 is 1.50 bits per heavy atom. The highest BCUT2D eigenvalue weighted by atomic mass is 15.2. The van der Waals surface area contributed by atoms with Crippen molar-refractivity contribution in [1.82, 2.24) is 20.2 Å². The van der Waals surface area contributed by atoms with Gasteiger partial charge >= 0.3 is 0 Å². The van der Waals surface area contributed by atoms with E-state index in [1.165, 1.54) is 0 Å². The lowest BCUT2D eigenvalue weighted by Crippen LogP contribution is -2.31. The summed E-state index contributed by atoms with van der Waals surface area (Å²) in [6.45, 7) is 4.29. The van der Waals surface area contributed by atoms with E-state index in [2.05, 4.69) is 26.2 Å². The maximum absolute atomic E-state index is 9.07. The number of aromatic amines is 1. The molecule has 0 aliphatic heterocycles. The molecule has 0 aliphatic carbocycles. The van der Waals surface area contributed by atoms with Crippen LogP contribution in [0.1, 0.15) is 13.8 Å². The third-order valence-electron chi connectivity index (χ3n) is 2.60. The van der Waals surface area contributed by atoms with E-state index >= 15 is 0 Å². The van der Waals surface area contributed by atoms with E-state index in [1.807, 2.05) is 25.8 Å². The molecule has 2 aromatic rings. The molecule has 0 aromatic carbocycles. The van der Waals surface area contributed by atoms with E-state index in [4.69, 9.17) is 11.0 Å². The van der Waals surface area contributed by atoms with Crippen molar-refractivity contribution >= 4 is 22.8 Å². The number of H-pyrrole nitrogens is 1. The van der Waals surface area contributed by atoms with Gasteiger partial charge in [0.1, 0.15) is 5.82 Å². The number of fused-ring (bicyclic) bond motifs is 1. The molecule has 0 unspecified atom stereocenters.